The lowest BCUT2D eigenvalue weighted by Gasteiger charge is -2.37. The van der Waals surface area contributed by atoms with Crippen LogP contribution in [0.25, 0.3) is 0 Å². The van der Waals surface area contributed by atoms with E-state index < -0.39 is 6.16 Å². The summed E-state index contributed by atoms with van der Waals surface area (Å²) in [6.07, 6.45) is 3.80. The largest absolute Gasteiger partial charge is 0.505 e. The average molecular weight is 214 g/mol. The molecule has 0 radical (unpaired) electrons. The number of hydrogen-bond donors (Lipinski definition) is 1. The van der Waals surface area contributed by atoms with E-state index in [1.807, 2.05) is 0 Å². The Morgan fingerprint density at radius 2 is 2.27 bits per heavy atom. The van der Waals surface area contributed by atoms with E-state index in [9.17, 15) is 4.79 Å². The van der Waals surface area contributed by atoms with Crippen LogP contribution in [-0.2, 0) is 4.74 Å². The average Bonchev–Trinajstić information content (AvgIpc) is 2.12. The molecule has 15 heavy (non-hydrogen) atoms. The van der Waals surface area contributed by atoms with Crippen LogP contribution >= 0.6 is 0 Å². The molecule has 0 amide bonds. The predicted molar refractivity (Wildman–Crippen MR) is 58.9 cm³/mol. The summed E-state index contributed by atoms with van der Waals surface area (Å²) in [7, 11) is 0. The Labute approximate surface area is 91.8 Å². The van der Waals surface area contributed by atoms with E-state index in [-0.39, 0.29) is 0 Å². The van der Waals surface area contributed by atoms with Gasteiger partial charge in [0.05, 0.1) is 6.61 Å². The van der Waals surface area contributed by atoms with Gasteiger partial charge >= 0.3 is 6.16 Å². The molecule has 88 valence electrons. The van der Waals surface area contributed by atoms with Gasteiger partial charge in [0.15, 0.2) is 0 Å². The SMILES string of the molecule is CC(COC(=O)O)C1CCCC(C)(C)C1. The first kappa shape index (κ1) is 12.3. The Balaban J connectivity index is 2.38. The summed E-state index contributed by atoms with van der Waals surface area (Å²) in [5.41, 5.74) is 0.417. The van der Waals surface area contributed by atoms with Crippen LogP contribution in [-0.4, -0.2) is 17.9 Å². The van der Waals surface area contributed by atoms with Crippen LogP contribution < -0.4 is 0 Å². The minimum Gasteiger partial charge on any atom is -0.450 e. The predicted octanol–water partition coefficient (Wildman–Crippen LogP) is 3.53. The molecule has 2 unspecified atom stereocenters. The van der Waals surface area contributed by atoms with Crippen molar-refractivity contribution in [1.29, 1.82) is 0 Å². The van der Waals surface area contributed by atoms with Crippen molar-refractivity contribution in [1.82, 2.24) is 0 Å². The van der Waals surface area contributed by atoms with Gasteiger partial charge in [0.25, 0.3) is 0 Å². The zero-order chi connectivity index (χ0) is 11.5. The van der Waals surface area contributed by atoms with E-state index in [0.717, 1.165) is 0 Å². The van der Waals surface area contributed by atoms with E-state index in [1.54, 1.807) is 0 Å². The third-order valence-electron chi connectivity index (χ3n) is 3.52. The number of carboxylic acid groups (broad SMARTS) is 1. The van der Waals surface area contributed by atoms with Crippen molar-refractivity contribution < 1.29 is 14.6 Å². The summed E-state index contributed by atoms with van der Waals surface area (Å²) >= 11 is 0. The molecule has 1 fully saturated rings. The lowest BCUT2D eigenvalue weighted by Crippen LogP contribution is -2.29. The Kier molecular flexibility index (Phi) is 4.00. The molecule has 3 heteroatoms. The highest BCUT2D eigenvalue weighted by molar-refractivity contribution is 5.56. The van der Waals surface area contributed by atoms with Crippen molar-refractivity contribution in [3.8, 4) is 0 Å². The molecular formula is C12H22O3. The smallest absolute Gasteiger partial charge is 0.450 e. The Hall–Kier alpha value is -0.730. The highest BCUT2D eigenvalue weighted by Crippen LogP contribution is 2.41. The van der Waals surface area contributed by atoms with E-state index >= 15 is 0 Å². The molecule has 0 saturated heterocycles. The topological polar surface area (TPSA) is 46.5 Å². The van der Waals surface area contributed by atoms with Crippen molar-refractivity contribution in [3.05, 3.63) is 0 Å². The third kappa shape index (κ3) is 4.10. The lowest BCUT2D eigenvalue weighted by atomic mass is 9.69. The fourth-order valence-corrected chi connectivity index (χ4v) is 2.58. The summed E-state index contributed by atoms with van der Waals surface area (Å²) in [4.78, 5) is 10.3. The second kappa shape index (κ2) is 4.86. The fraction of sp³-hybridized carbons (Fsp3) is 0.917. The molecule has 0 spiro atoms. The van der Waals surface area contributed by atoms with Crippen molar-refractivity contribution in [2.24, 2.45) is 17.3 Å². The van der Waals surface area contributed by atoms with Gasteiger partial charge in [0, 0.05) is 0 Å². The molecule has 0 aromatic rings. The summed E-state index contributed by atoms with van der Waals surface area (Å²) in [6, 6.07) is 0. The standard InChI is InChI=1S/C12H22O3/c1-9(8-15-11(13)14)10-5-4-6-12(2,3)7-10/h9-10H,4-8H2,1-3H3,(H,13,14). The molecule has 1 aliphatic carbocycles. The quantitative estimate of drug-likeness (QED) is 0.731. The van der Waals surface area contributed by atoms with Crippen LogP contribution in [0, 0.1) is 17.3 Å². The van der Waals surface area contributed by atoms with Crippen molar-refractivity contribution in [2.75, 3.05) is 6.61 Å². The maximum absolute atomic E-state index is 10.3. The summed E-state index contributed by atoms with van der Waals surface area (Å²) in [6.45, 7) is 7.03. The first-order chi connectivity index (χ1) is 6.91. The zero-order valence-electron chi connectivity index (χ0n) is 9.95. The van der Waals surface area contributed by atoms with Gasteiger partial charge in [0.1, 0.15) is 0 Å². The lowest BCUT2D eigenvalue weighted by molar-refractivity contribution is 0.0526. The third-order valence-corrected chi connectivity index (χ3v) is 3.52. The molecule has 0 aromatic heterocycles. The number of carbonyl (C=O) groups is 1. The highest BCUT2D eigenvalue weighted by atomic mass is 16.7. The molecule has 0 heterocycles. The molecule has 0 aromatic carbocycles. The molecule has 1 rings (SSSR count). The molecule has 3 nitrogen and oxygen atoms in total. The van der Waals surface area contributed by atoms with Gasteiger partial charge in [-0.05, 0) is 30.1 Å². The summed E-state index contributed by atoms with van der Waals surface area (Å²) < 4.78 is 4.64. The monoisotopic (exact) mass is 214 g/mol. The van der Waals surface area contributed by atoms with Crippen LogP contribution in [0.2, 0.25) is 0 Å². The first-order valence-electron chi connectivity index (χ1n) is 5.76. The zero-order valence-corrected chi connectivity index (χ0v) is 9.95. The highest BCUT2D eigenvalue weighted by Gasteiger charge is 2.31. The van der Waals surface area contributed by atoms with Crippen molar-refractivity contribution in [3.63, 3.8) is 0 Å². The first-order valence-corrected chi connectivity index (χ1v) is 5.76. The van der Waals surface area contributed by atoms with Gasteiger partial charge in [-0.3, -0.25) is 0 Å². The van der Waals surface area contributed by atoms with Crippen molar-refractivity contribution in [2.45, 2.75) is 46.5 Å². The van der Waals surface area contributed by atoms with E-state index in [2.05, 4.69) is 25.5 Å². The van der Waals surface area contributed by atoms with Crippen LogP contribution in [0.3, 0.4) is 0 Å². The number of rotatable bonds is 3. The maximum atomic E-state index is 10.3. The van der Waals surface area contributed by atoms with E-state index in [4.69, 9.17) is 5.11 Å². The molecule has 1 N–H and O–H groups in total. The van der Waals surface area contributed by atoms with Crippen LogP contribution in [0.15, 0.2) is 0 Å². The fourth-order valence-electron chi connectivity index (χ4n) is 2.58. The maximum Gasteiger partial charge on any atom is 0.505 e. The van der Waals surface area contributed by atoms with Gasteiger partial charge in [-0.15, -0.1) is 0 Å². The Bertz CT molecular complexity index is 223. The summed E-state index contributed by atoms with van der Waals surface area (Å²) in [5, 5.41) is 8.44. The molecule has 2 atom stereocenters. The number of ether oxygens (including phenoxy) is 1. The van der Waals surface area contributed by atoms with Gasteiger partial charge in [-0.2, -0.15) is 0 Å². The van der Waals surface area contributed by atoms with Gasteiger partial charge in [-0.1, -0.05) is 33.6 Å². The minimum atomic E-state index is -1.16. The number of hydrogen-bond acceptors (Lipinski definition) is 2. The molecule has 0 aliphatic heterocycles. The second-order valence-electron chi connectivity index (χ2n) is 5.57. The Morgan fingerprint density at radius 1 is 1.60 bits per heavy atom. The van der Waals surface area contributed by atoms with E-state index in [0.29, 0.717) is 23.9 Å². The van der Waals surface area contributed by atoms with Gasteiger partial charge in [-0.25, -0.2) is 4.79 Å². The molecule has 1 aliphatic rings. The molecule has 1 saturated carbocycles. The molecular weight excluding hydrogens is 192 g/mol. The molecule has 0 bridgehead atoms. The van der Waals surface area contributed by atoms with Crippen LogP contribution in [0.4, 0.5) is 4.79 Å². The van der Waals surface area contributed by atoms with Gasteiger partial charge in [0.2, 0.25) is 0 Å². The van der Waals surface area contributed by atoms with Gasteiger partial charge < -0.3 is 9.84 Å². The Morgan fingerprint density at radius 3 is 2.80 bits per heavy atom. The van der Waals surface area contributed by atoms with Crippen molar-refractivity contribution >= 4 is 6.16 Å². The normalized spacial score (nSPS) is 27.0. The van der Waals surface area contributed by atoms with Crippen LogP contribution in [0.1, 0.15) is 46.5 Å². The second-order valence-corrected chi connectivity index (χ2v) is 5.57. The summed E-state index contributed by atoms with van der Waals surface area (Å²) in [5.74, 6) is 0.966. The van der Waals surface area contributed by atoms with E-state index in [1.165, 1.54) is 25.7 Å². The van der Waals surface area contributed by atoms with Crippen LogP contribution in [0.5, 0.6) is 0 Å². The minimum absolute atomic E-state index is 0.343.